The molecule has 7 heteroatoms. The Kier molecular flexibility index (Phi) is 4.17. The van der Waals surface area contributed by atoms with Gasteiger partial charge in [0.15, 0.2) is 11.5 Å². The van der Waals surface area contributed by atoms with Gasteiger partial charge in [0.1, 0.15) is 0 Å². The number of amides is 1. The molecule has 0 aliphatic carbocycles. The fraction of sp³-hybridized carbons (Fsp3) is 0.375. The molecule has 0 saturated carbocycles. The maximum Gasteiger partial charge on any atom is 0.231 e. The lowest BCUT2D eigenvalue weighted by Crippen LogP contribution is -2.28. The number of H-pyrrole nitrogens is 1. The van der Waals surface area contributed by atoms with E-state index in [9.17, 15) is 4.79 Å². The third-order valence-electron chi connectivity index (χ3n) is 3.97. The first-order chi connectivity index (χ1) is 11.0. The van der Waals surface area contributed by atoms with Crippen LogP contribution in [0, 0.1) is 13.8 Å². The van der Waals surface area contributed by atoms with Gasteiger partial charge in [-0.1, -0.05) is 11.6 Å². The summed E-state index contributed by atoms with van der Waals surface area (Å²) in [5, 5.41) is 10.4. The summed E-state index contributed by atoms with van der Waals surface area (Å²) in [5.74, 6) is 0.820. The minimum Gasteiger partial charge on any atom is -0.454 e. The van der Waals surface area contributed by atoms with Crippen LogP contribution in [0.3, 0.4) is 0 Å². The van der Waals surface area contributed by atoms with E-state index in [4.69, 9.17) is 21.1 Å². The van der Waals surface area contributed by atoms with Crippen molar-refractivity contribution in [3.8, 4) is 11.5 Å². The van der Waals surface area contributed by atoms with Crippen LogP contribution < -0.4 is 14.8 Å². The molecule has 122 valence electrons. The van der Waals surface area contributed by atoms with Gasteiger partial charge in [0, 0.05) is 17.8 Å². The van der Waals surface area contributed by atoms with Crippen molar-refractivity contribution < 1.29 is 14.3 Å². The lowest BCUT2D eigenvalue weighted by atomic mass is 9.98. The molecule has 3 rings (SSSR count). The van der Waals surface area contributed by atoms with Crippen molar-refractivity contribution in [3.63, 3.8) is 0 Å². The molecular formula is C16H18ClN3O3. The second kappa shape index (κ2) is 6.12. The largest absolute Gasteiger partial charge is 0.454 e. The molecule has 1 atom stereocenters. The molecule has 1 aromatic heterocycles. The lowest BCUT2D eigenvalue weighted by Gasteiger charge is -2.13. The topological polar surface area (TPSA) is 76.2 Å². The van der Waals surface area contributed by atoms with Gasteiger partial charge in [-0.2, -0.15) is 5.10 Å². The summed E-state index contributed by atoms with van der Waals surface area (Å²) >= 11 is 6.15. The number of ether oxygens (including phenoxy) is 2. The van der Waals surface area contributed by atoms with Crippen molar-refractivity contribution in [1.29, 1.82) is 0 Å². The van der Waals surface area contributed by atoms with Crippen LogP contribution in [0.4, 0.5) is 0 Å². The molecule has 1 aromatic carbocycles. The molecule has 1 aliphatic heterocycles. The smallest absolute Gasteiger partial charge is 0.231 e. The summed E-state index contributed by atoms with van der Waals surface area (Å²) in [6, 6.07) is 3.60. The summed E-state index contributed by atoms with van der Waals surface area (Å²) in [7, 11) is 0. The van der Waals surface area contributed by atoms with Gasteiger partial charge in [0.05, 0.1) is 16.6 Å². The number of benzene rings is 1. The van der Waals surface area contributed by atoms with Crippen molar-refractivity contribution in [2.75, 3.05) is 6.79 Å². The number of carbonyl (C=O) groups excluding carboxylic acids is 1. The predicted molar refractivity (Wildman–Crippen MR) is 85.9 cm³/mol. The molecule has 0 radical (unpaired) electrons. The van der Waals surface area contributed by atoms with Gasteiger partial charge in [0.2, 0.25) is 12.7 Å². The van der Waals surface area contributed by atoms with E-state index < -0.39 is 0 Å². The molecule has 0 saturated heterocycles. The van der Waals surface area contributed by atoms with Crippen molar-refractivity contribution in [3.05, 3.63) is 39.7 Å². The quantitative estimate of drug-likeness (QED) is 0.900. The van der Waals surface area contributed by atoms with Gasteiger partial charge in [-0.15, -0.1) is 0 Å². The lowest BCUT2D eigenvalue weighted by molar-refractivity contribution is -0.122. The van der Waals surface area contributed by atoms with E-state index in [1.807, 2.05) is 26.8 Å². The number of nitrogens with zero attached hydrogens (tertiary/aromatic N) is 1. The van der Waals surface area contributed by atoms with Crippen LogP contribution in [0.25, 0.3) is 0 Å². The van der Waals surface area contributed by atoms with Gasteiger partial charge < -0.3 is 14.8 Å². The summed E-state index contributed by atoms with van der Waals surface area (Å²) in [5.41, 5.74) is 3.55. The molecule has 0 fully saturated rings. The SMILES string of the molecule is Cc1n[nH]c(C)c1[C@@H](C)C(=O)NCc1cc(Cl)c2c(c1)OCO2. The summed E-state index contributed by atoms with van der Waals surface area (Å²) in [4.78, 5) is 12.4. The Bertz CT molecular complexity index is 738. The van der Waals surface area contributed by atoms with E-state index in [1.54, 1.807) is 6.07 Å². The first-order valence-electron chi connectivity index (χ1n) is 7.34. The zero-order chi connectivity index (χ0) is 16.6. The minimum atomic E-state index is -0.279. The highest BCUT2D eigenvalue weighted by Crippen LogP contribution is 2.39. The van der Waals surface area contributed by atoms with Crippen LogP contribution in [0.1, 0.15) is 35.4 Å². The van der Waals surface area contributed by atoms with E-state index in [-0.39, 0.29) is 18.6 Å². The highest BCUT2D eigenvalue weighted by molar-refractivity contribution is 6.32. The van der Waals surface area contributed by atoms with Crippen LogP contribution in [-0.2, 0) is 11.3 Å². The molecule has 23 heavy (non-hydrogen) atoms. The van der Waals surface area contributed by atoms with Crippen LogP contribution in [0.5, 0.6) is 11.5 Å². The van der Waals surface area contributed by atoms with Crippen molar-refractivity contribution in [1.82, 2.24) is 15.5 Å². The molecule has 2 N–H and O–H groups in total. The van der Waals surface area contributed by atoms with Crippen LogP contribution in [-0.4, -0.2) is 22.9 Å². The monoisotopic (exact) mass is 335 g/mol. The van der Waals surface area contributed by atoms with E-state index in [1.165, 1.54) is 0 Å². The highest BCUT2D eigenvalue weighted by atomic mass is 35.5. The zero-order valence-corrected chi connectivity index (χ0v) is 14.0. The Balaban J connectivity index is 1.69. The first-order valence-corrected chi connectivity index (χ1v) is 7.72. The van der Waals surface area contributed by atoms with Crippen molar-refractivity contribution >= 4 is 17.5 Å². The number of rotatable bonds is 4. The molecule has 1 amide bonds. The van der Waals surface area contributed by atoms with Crippen LogP contribution >= 0.6 is 11.6 Å². The average Bonchev–Trinajstić information content (AvgIpc) is 3.11. The second-order valence-corrected chi connectivity index (χ2v) is 6.01. The predicted octanol–water partition coefficient (Wildman–Crippen LogP) is 2.83. The number of hydrogen-bond donors (Lipinski definition) is 2. The normalized spacial score (nSPS) is 13.9. The number of halogens is 1. The number of hydrogen-bond acceptors (Lipinski definition) is 4. The molecule has 0 spiro atoms. The zero-order valence-electron chi connectivity index (χ0n) is 13.2. The van der Waals surface area contributed by atoms with E-state index in [0.29, 0.717) is 23.1 Å². The fourth-order valence-corrected chi connectivity index (χ4v) is 3.08. The average molecular weight is 336 g/mol. The van der Waals surface area contributed by atoms with Gasteiger partial charge in [-0.25, -0.2) is 0 Å². The standard InChI is InChI=1S/C16H18ClN3O3/c1-8(14-9(2)19-20-10(14)3)16(21)18-6-11-4-12(17)15-13(5-11)22-7-23-15/h4-5,8H,6-7H2,1-3H3,(H,18,21)(H,19,20)/t8-/m1/s1. The first kappa shape index (κ1) is 15.7. The second-order valence-electron chi connectivity index (χ2n) is 5.60. The van der Waals surface area contributed by atoms with Gasteiger partial charge >= 0.3 is 0 Å². The Morgan fingerprint density at radius 1 is 1.43 bits per heavy atom. The Labute approximate surface area is 139 Å². The Morgan fingerprint density at radius 2 is 2.22 bits per heavy atom. The number of nitrogens with one attached hydrogen (secondary N) is 2. The van der Waals surface area contributed by atoms with Gasteiger partial charge in [-0.3, -0.25) is 9.89 Å². The number of aryl methyl sites for hydroxylation is 2. The molecule has 0 bridgehead atoms. The van der Waals surface area contributed by atoms with Crippen molar-refractivity contribution in [2.24, 2.45) is 0 Å². The molecule has 2 aromatic rings. The Morgan fingerprint density at radius 3 is 2.91 bits per heavy atom. The molecular weight excluding hydrogens is 318 g/mol. The minimum absolute atomic E-state index is 0.0635. The molecule has 6 nitrogen and oxygen atoms in total. The van der Waals surface area contributed by atoms with Crippen LogP contribution in [0.15, 0.2) is 12.1 Å². The molecule has 2 heterocycles. The third kappa shape index (κ3) is 2.99. The van der Waals surface area contributed by atoms with Crippen molar-refractivity contribution in [2.45, 2.75) is 33.2 Å². The van der Waals surface area contributed by atoms with Crippen LogP contribution in [0.2, 0.25) is 5.02 Å². The van der Waals surface area contributed by atoms with E-state index in [2.05, 4.69) is 15.5 Å². The highest BCUT2D eigenvalue weighted by Gasteiger charge is 2.22. The van der Waals surface area contributed by atoms with Gasteiger partial charge in [0.25, 0.3) is 0 Å². The number of fused-ring (bicyclic) bond motifs is 1. The summed E-state index contributed by atoms with van der Waals surface area (Å²) in [6.45, 7) is 6.21. The number of aromatic amines is 1. The summed E-state index contributed by atoms with van der Waals surface area (Å²) in [6.07, 6.45) is 0. The Hall–Kier alpha value is -2.21. The maximum absolute atomic E-state index is 12.4. The summed E-state index contributed by atoms with van der Waals surface area (Å²) < 4.78 is 10.6. The molecule has 0 unspecified atom stereocenters. The number of carbonyl (C=O) groups is 1. The fourth-order valence-electron chi connectivity index (χ4n) is 2.79. The third-order valence-corrected chi connectivity index (χ3v) is 4.25. The molecule has 1 aliphatic rings. The van der Waals surface area contributed by atoms with E-state index in [0.717, 1.165) is 22.5 Å². The van der Waals surface area contributed by atoms with E-state index >= 15 is 0 Å². The number of aromatic nitrogens is 2. The van der Waals surface area contributed by atoms with Gasteiger partial charge in [-0.05, 0) is 38.5 Å². The maximum atomic E-state index is 12.4.